The highest BCUT2D eigenvalue weighted by Crippen LogP contribution is 2.22. The lowest BCUT2D eigenvalue weighted by atomic mass is 10.1. The smallest absolute Gasteiger partial charge is 0.161 e. The summed E-state index contributed by atoms with van der Waals surface area (Å²) in [7, 11) is 0. The molecule has 0 saturated carbocycles. The molecule has 18 heavy (non-hydrogen) atoms. The standard InChI is InChI=1S/C16H25NO/c1-4-6-12-17(13-7-5-2)16-11-9-8-10-15(16)14(3)18/h8-11H,4-7,12-13H2,1-3H3. The predicted molar refractivity (Wildman–Crippen MR) is 78.5 cm³/mol. The van der Waals surface area contributed by atoms with Crippen LogP contribution in [0.1, 0.15) is 56.8 Å². The summed E-state index contributed by atoms with van der Waals surface area (Å²) in [6.45, 7) is 8.14. The van der Waals surface area contributed by atoms with Crippen molar-refractivity contribution in [2.75, 3.05) is 18.0 Å². The predicted octanol–water partition coefficient (Wildman–Crippen LogP) is 4.30. The van der Waals surface area contributed by atoms with E-state index in [-0.39, 0.29) is 5.78 Å². The topological polar surface area (TPSA) is 20.3 Å². The third kappa shape index (κ3) is 4.17. The van der Waals surface area contributed by atoms with Gasteiger partial charge in [0.15, 0.2) is 5.78 Å². The van der Waals surface area contributed by atoms with E-state index in [1.54, 1.807) is 6.92 Å². The SMILES string of the molecule is CCCCN(CCCC)c1ccccc1C(C)=O. The number of para-hydroxylation sites is 1. The van der Waals surface area contributed by atoms with E-state index < -0.39 is 0 Å². The molecule has 100 valence electrons. The average molecular weight is 247 g/mol. The van der Waals surface area contributed by atoms with Gasteiger partial charge in [-0.1, -0.05) is 38.8 Å². The molecule has 0 spiro atoms. The Morgan fingerprint density at radius 1 is 1.06 bits per heavy atom. The Morgan fingerprint density at radius 3 is 2.11 bits per heavy atom. The van der Waals surface area contributed by atoms with Crippen LogP contribution < -0.4 is 4.90 Å². The van der Waals surface area contributed by atoms with E-state index in [0.717, 1.165) is 24.3 Å². The summed E-state index contributed by atoms with van der Waals surface area (Å²) in [6.07, 6.45) is 4.72. The number of benzene rings is 1. The maximum absolute atomic E-state index is 11.7. The summed E-state index contributed by atoms with van der Waals surface area (Å²) < 4.78 is 0. The van der Waals surface area contributed by atoms with Gasteiger partial charge in [0.05, 0.1) is 0 Å². The summed E-state index contributed by atoms with van der Waals surface area (Å²) in [5.41, 5.74) is 1.96. The summed E-state index contributed by atoms with van der Waals surface area (Å²) in [6, 6.07) is 7.97. The minimum Gasteiger partial charge on any atom is -0.371 e. The molecule has 0 bridgehead atoms. The minimum absolute atomic E-state index is 0.156. The van der Waals surface area contributed by atoms with Gasteiger partial charge in [0.2, 0.25) is 0 Å². The van der Waals surface area contributed by atoms with Crippen molar-refractivity contribution in [1.82, 2.24) is 0 Å². The summed E-state index contributed by atoms with van der Waals surface area (Å²) in [4.78, 5) is 14.1. The first kappa shape index (κ1) is 14.7. The lowest BCUT2D eigenvalue weighted by Crippen LogP contribution is -2.27. The van der Waals surface area contributed by atoms with Gasteiger partial charge in [-0.25, -0.2) is 0 Å². The van der Waals surface area contributed by atoms with Crippen LogP contribution in [-0.4, -0.2) is 18.9 Å². The van der Waals surface area contributed by atoms with Crippen molar-refractivity contribution < 1.29 is 4.79 Å². The molecule has 0 aliphatic rings. The Balaban J connectivity index is 2.92. The number of ketones is 1. The maximum Gasteiger partial charge on any atom is 0.161 e. The van der Waals surface area contributed by atoms with Gasteiger partial charge in [0.1, 0.15) is 0 Å². The molecule has 0 saturated heterocycles. The van der Waals surface area contributed by atoms with Gasteiger partial charge < -0.3 is 4.90 Å². The molecule has 2 nitrogen and oxygen atoms in total. The van der Waals surface area contributed by atoms with Crippen LogP contribution in [0, 0.1) is 0 Å². The fraction of sp³-hybridized carbons (Fsp3) is 0.562. The monoisotopic (exact) mass is 247 g/mol. The van der Waals surface area contributed by atoms with E-state index in [9.17, 15) is 4.79 Å². The molecular formula is C16H25NO. The van der Waals surface area contributed by atoms with Crippen LogP contribution in [0.2, 0.25) is 0 Å². The molecule has 0 atom stereocenters. The van der Waals surface area contributed by atoms with E-state index in [1.165, 1.54) is 25.7 Å². The Labute approximate surface area is 111 Å². The minimum atomic E-state index is 0.156. The first-order chi connectivity index (χ1) is 8.70. The molecule has 2 heteroatoms. The lowest BCUT2D eigenvalue weighted by Gasteiger charge is -2.26. The molecule has 0 aromatic heterocycles. The van der Waals surface area contributed by atoms with Crippen molar-refractivity contribution in [3.8, 4) is 0 Å². The van der Waals surface area contributed by atoms with Crippen molar-refractivity contribution in [1.29, 1.82) is 0 Å². The van der Waals surface area contributed by atoms with Crippen LogP contribution in [-0.2, 0) is 0 Å². The fourth-order valence-electron chi connectivity index (χ4n) is 2.10. The number of hydrogen-bond donors (Lipinski definition) is 0. The number of rotatable bonds is 8. The number of unbranched alkanes of at least 4 members (excludes halogenated alkanes) is 2. The van der Waals surface area contributed by atoms with Crippen molar-refractivity contribution in [2.24, 2.45) is 0 Å². The van der Waals surface area contributed by atoms with Crippen molar-refractivity contribution in [3.63, 3.8) is 0 Å². The van der Waals surface area contributed by atoms with E-state index >= 15 is 0 Å². The van der Waals surface area contributed by atoms with Crippen molar-refractivity contribution >= 4 is 11.5 Å². The quantitative estimate of drug-likeness (QED) is 0.638. The summed E-state index contributed by atoms with van der Waals surface area (Å²) in [5.74, 6) is 0.156. The lowest BCUT2D eigenvalue weighted by molar-refractivity contribution is 0.101. The highest BCUT2D eigenvalue weighted by molar-refractivity contribution is 5.99. The van der Waals surface area contributed by atoms with Crippen molar-refractivity contribution in [3.05, 3.63) is 29.8 Å². The Morgan fingerprint density at radius 2 is 1.61 bits per heavy atom. The van der Waals surface area contributed by atoms with Crippen LogP contribution >= 0.6 is 0 Å². The molecule has 0 heterocycles. The van der Waals surface area contributed by atoms with Crippen LogP contribution in [0.25, 0.3) is 0 Å². The van der Waals surface area contributed by atoms with E-state index in [4.69, 9.17) is 0 Å². The van der Waals surface area contributed by atoms with E-state index in [2.05, 4.69) is 24.8 Å². The molecule has 0 aliphatic heterocycles. The number of anilines is 1. The van der Waals surface area contributed by atoms with Gasteiger partial charge in [0, 0.05) is 24.3 Å². The Bertz CT molecular complexity index is 365. The molecule has 0 aliphatic carbocycles. The van der Waals surface area contributed by atoms with Gasteiger partial charge >= 0.3 is 0 Å². The molecule has 0 fully saturated rings. The molecule has 1 rings (SSSR count). The zero-order chi connectivity index (χ0) is 13.4. The molecule has 0 amide bonds. The summed E-state index contributed by atoms with van der Waals surface area (Å²) in [5, 5.41) is 0. The molecule has 0 N–H and O–H groups in total. The number of carbonyl (C=O) groups is 1. The molecule has 0 radical (unpaired) electrons. The highest BCUT2D eigenvalue weighted by atomic mass is 16.1. The summed E-state index contributed by atoms with van der Waals surface area (Å²) >= 11 is 0. The molecule has 1 aromatic rings. The average Bonchev–Trinajstić information content (AvgIpc) is 2.39. The van der Waals surface area contributed by atoms with Crippen LogP contribution in [0.3, 0.4) is 0 Å². The third-order valence-corrected chi connectivity index (χ3v) is 3.19. The van der Waals surface area contributed by atoms with Gasteiger partial charge in [0.25, 0.3) is 0 Å². The van der Waals surface area contributed by atoms with Gasteiger partial charge in [-0.15, -0.1) is 0 Å². The molecular weight excluding hydrogens is 222 g/mol. The van der Waals surface area contributed by atoms with Gasteiger partial charge in [-0.05, 0) is 31.9 Å². The number of Topliss-reactive ketones (excluding diaryl/α,β-unsaturated/α-hetero) is 1. The number of hydrogen-bond acceptors (Lipinski definition) is 2. The van der Waals surface area contributed by atoms with E-state index in [0.29, 0.717) is 0 Å². The van der Waals surface area contributed by atoms with Crippen LogP contribution in [0.4, 0.5) is 5.69 Å². The maximum atomic E-state index is 11.7. The highest BCUT2D eigenvalue weighted by Gasteiger charge is 2.12. The molecule has 1 aromatic carbocycles. The second-order valence-electron chi connectivity index (χ2n) is 4.77. The molecule has 0 unspecified atom stereocenters. The third-order valence-electron chi connectivity index (χ3n) is 3.19. The largest absolute Gasteiger partial charge is 0.371 e. The normalized spacial score (nSPS) is 10.4. The van der Waals surface area contributed by atoms with E-state index in [1.807, 2.05) is 18.2 Å². The van der Waals surface area contributed by atoms with Crippen LogP contribution in [0.15, 0.2) is 24.3 Å². The van der Waals surface area contributed by atoms with Gasteiger partial charge in [-0.2, -0.15) is 0 Å². The first-order valence-corrected chi connectivity index (χ1v) is 7.05. The number of carbonyl (C=O) groups excluding carboxylic acids is 1. The van der Waals surface area contributed by atoms with Crippen LogP contribution in [0.5, 0.6) is 0 Å². The van der Waals surface area contributed by atoms with Crippen molar-refractivity contribution in [2.45, 2.75) is 46.5 Å². The van der Waals surface area contributed by atoms with Gasteiger partial charge in [-0.3, -0.25) is 4.79 Å². The Kier molecular flexibility index (Phi) is 6.48. The number of nitrogens with zero attached hydrogens (tertiary/aromatic N) is 1. The fourth-order valence-corrected chi connectivity index (χ4v) is 2.10. The Hall–Kier alpha value is -1.31. The second-order valence-corrected chi connectivity index (χ2v) is 4.77. The second kappa shape index (κ2) is 7.91. The zero-order valence-electron chi connectivity index (χ0n) is 11.9. The first-order valence-electron chi connectivity index (χ1n) is 7.05. The zero-order valence-corrected chi connectivity index (χ0v) is 11.9.